The zero-order valence-corrected chi connectivity index (χ0v) is 16.1. The maximum absolute atomic E-state index is 13.6. The standard InChI is InChI=1S/C21H12Cl2FNO4/c22-12-5-3-11(4-6-12)18-17(19(26)16-2-1-9-29-16)20(27)21(28)25(18)13-7-8-15(24)14(23)10-13/h1-10,18,27H. The summed E-state index contributed by atoms with van der Waals surface area (Å²) in [5.74, 6) is -2.86. The van der Waals surface area contributed by atoms with Crippen molar-refractivity contribution in [2.24, 2.45) is 0 Å². The van der Waals surface area contributed by atoms with Crippen LogP contribution in [0.15, 0.2) is 76.6 Å². The minimum Gasteiger partial charge on any atom is -0.503 e. The number of aliphatic hydroxyl groups is 1. The van der Waals surface area contributed by atoms with Crippen LogP contribution in [0.3, 0.4) is 0 Å². The van der Waals surface area contributed by atoms with Crippen LogP contribution in [-0.2, 0) is 4.79 Å². The van der Waals surface area contributed by atoms with Crippen LogP contribution in [0.4, 0.5) is 10.1 Å². The van der Waals surface area contributed by atoms with Crippen molar-refractivity contribution in [3.63, 3.8) is 0 Å². The van der Waals surface area contributed by atoms with Gasteiger partial charge in [0.2, 0.25) is 5.78 Å². The average Bonchev–Trinajstić information content (AvgIpc) is 3.32. The molecule has 1 unspecified atom stereocenters. The van der Waals surface area contributed by atoms with Crippen molar-refractivity contribution >= 4 is 40.6 Å². The SMILES string of the molecule is O=C(C1=C(O)C(=O)N(c2ccc(F)c(Cl)c2)C1c1ccc(Cl)cc1)c1ccco1. The molecule has 1 aliphatic rings. The zero-order chi connectivity index (χ0) is 20.7. The Morgan fingerprint density at radius 2 is 1.83 bits per heavy atom. The molecule has 1 amide bonds. The summed E-state index contributed by atoms with van der Waals surface area (Å²) in [7, 11) is 0. The molecule has 2 aromatic carbocycles. The summed E-state index contributed by atoms with van der Waals surface area (Å²) in [5.41, 5.74) is 0.574. The van der Waals surface area contributed by atoms with Gasteiger partial charge in [-0.1, -0.05) is 35.3 Å². The fourth-order valence-corrected chi connectivity index (χ4v) is 3.54. The van der Waals surface area contributed by atoms with Crippen molar-refractivity contribution in [1.29, 1.82) is 0 Å². The Kier molecular flexibility index (Phi) is 4.90. The maximum Gasteiger partial charge on any atom is 0.294 e. The van der Waals surface area contributed by atoms with E-state index < -0.39 is 29.3 Å². The number of Topliss-reactive ketones (excluding diaryl/α,β-unsaturated/α-hetero) is 1. The molecule has 146 valence electrons. The second-order valence-electron chi connectivity index (χ2n) is 6.30. The quantitative estimate of drug-likeness (QED) is 0.552. The lowest BCUT2D eigenvalue weighted by Crippen LogP contribution is -2.31. The summed E-state index contributed by atoms with van der Waals surface area (Å²) in [5, 5.41) is 10.8. The number of aliphatic hydroxyl groups excluding tert-OH is 1. The van der Waals surface area contributed by atoms with Crippen LogP contribution in [-0.4, -0.2) is 16.8 Å². The van der Waals surface area contributed by atoms with E-state index >= 15 is 0 Å². The van der Waals surface area contributed by atoms with Crippen molar-refractivity contribution in [3.8, 4) is 0 Å². The Balaban J connectivity index is 1.89. The summed E-state index contributed by atoms with van der Waals surface area (Å²) in [6.07, 6.45) is 1.32. The highest BCUT2D eigenvalue weighted by molar-refractivity contribution is 6.31. The number of furan rings is 1. The molecule has 1 aliphatic heterocycles. The third kappa shape index (κ3) is 3.30. The van der Waals surface area contributed by atoms with Crippen molar-refractivity contribution in [2.75, 3.05) is 4.90 Å². The predicted molar refractivity (Wildman–Crippen MR) is 106 cm³/mol. The van der Waals surface area contributed by atoms with Gasteiger partial charge < -0.3 is 9.52 Å². The van der Waals surface area contributed by atoms with Crippen molar-refractivity contribution in [1.82, 2.24) is 0 Å². The van der Waals surface area contributed by atoms with Gasteiger partial charge >= 0.3 is 0 Å². The first-order valence-electron chi connectivity index (χ1n) is 8.44. The van der Waals surface area contributed by atoms with Crippen LogP contribution in [0.2, 0.25) is 10.0 Å². The summed E-state index contributed by atoms with van der Waals surface area (Å²) < 4.78 is 18.8. The number of hydrogen-bond donors (Lipinski definition) is 1. The lowest BCUT2D eigenvalue weighted by molar-refractivity contribution is -0.117. The number of carbonyl (C=O) groups excluding carboxylic acids is 2. The molecule has 3 aromatic rings. The van der Waals surface area contributed by atoms with Gasteiger partial charge in [0, 0.05) is 10.7 Å². The molecular formula is C21H12Cl2FNO4. The van der Waals surface area contributed by atoms with Crippen molar-refractivity contribution in [3.05, 3.63) is 99.4 Å². The predicted octanol–water partition coefficient (Wildman–Crippen LogP) is 5.51. The number of nitrogens with zero attached hydrogens (tertiary/aromatic N) is 1. The molecule has 0 spiro atoms. The minimum atomic E-state index is -0.987. The molecule has 8 heteroatoms. The van der Waals surface area contributed by atoms with Crippen LogP contribution < -0.4 is 4.90 Å². The number of rotatable bonds is 4. The van der Waals surface area contributed by atoms with Gasteiger partial charge in [-0.15, -0.1) is 0 Å². The van der Waals surface area contributed by atoms with Gasteiger partial charge in [-0.25, -0.2) is 4.39 Å². The van der Waals surface area contributed by atoms with Crippen molar-refractivity contribution in [2.45, 2.75) is 6.04 Å². The summed E-state index contributed by atoms with van der Waals surface area (Å²) in [6.45, 7) is 0. The van der Waals surface area contributed by atoms with Gasteiger partial charge in [0.1, 0.15) is 5.82 Å². The van der Waals surface area contributed by atoms with Gasteiger partial charge in [0.05, 0.1) is 22.9 Å². The number of anilines is 1. The highest BCUT2D eigenvalue weighted by atomic mass is 35.5. The van der Waals surface area contributed by atoms with Gasteiger partial charge in [-0.2, -0.15) is 0 Å². The van der Waals surface area contributed by atoms with Gasteiger partial charge in [-0.05, 0) is 48.0 Å². The van der Waals surface area contributed by atoms with E-state index in [1.165, 1.54) is 35.4 Å². The normalized spacial score (nSPS) is 16.6. The van der Waals surface area contributed by atoms with Gasteiger partial charge in [0.15, 0.2) is 11.5 Å². The number of ketones is 1. The van der Waals surface area contributed by atoms with E-state index in [-0.39, 0.29) is 22.0 Å². The molecule has 4 rings (SSSR count). The van der Waals surface area contributed by atoms with E-state index in [0.717, 1.165) is 6.07 Å². The van der Waals surface area contributed by atoms with E-state index in [1.807, 2.05) is 0 Å². The minimum absolute atomic E-state index is 0.0303. The maximum atomic E-state index is 13.6. The Morgan fingerprint density at radius 1 is 1.10 bits per heavy atom. The monoisotopic (exact) mass is 431 g/mol. The molecule has 1 aromatic heterocycles. The lowest BCUT2D eigenvalue weighted by Gasteiger charge is -2.27. The molecule has 0 bridgehead atoms. The first-order valence-corrected chi connectivity index (χ1v) is 9.19. The van der Waals surface area contributed by atoms with E-state index in [1.54, 1.807) is 24.3 Å². The van der Waals surface area contributed by atoms with Crippen LogP contribution >= 0.6 is 23.2 Å². The summed E-state index contributed by atoms with van der Waals surface area (Å²) >= 11 is 11.8. The fourth-order valence-electron chi connectivity index (χ4n) is 3.24. The number of hydrogen-bond acceptors (Lipinski definition) is 4. The van der Waals surface area contributed by atoms with Crippen LogP contribution in [0, 0.1) is 5.82 Å². The second kappa shape index (κ2) is 7.39. The third-order valence-electron chi connectivity index (χ3n) is 4.56. The highest BCUT2D eigenvalue weighted by Crippen LogP contribution is 2.42. The number of benzene rings is 2. The molecule has 0 saturated carbocycles. The first-order chi connectivity index (χ1) is 13.9. The van der Waals surface area contributed by atoms with Crippen LogP contribution in [0.25, 0.3) is 0 Å². The Morgan fingerprint density at radius 3 is 2.45 bits per heavy atom. The van der Waals surface area contributed by atoms with Crippen LogP contribution in [0.1, 0.15) is 22.2 Å². The first kappa shape index (κ1) is 19.2. The molecule has 0 fully saturated rings. The average molecular weight is 432 g/mol. The summed E-state index contributed by atoms with van der Waals surface area (Å²) in [6, 6.07) is 12.1. The molecule has 2 heterocycles. The highest BCUT2D eigenvalue weighted by Gasteiger charge is 2.45. The largest absolute Gasteiger partial charge is 0.503 e. The molecule has 0 saturated heterocycles. The van der Waals surface area contributed by atoms with Gasteiger partial charge in [-0.3, -0.25) is 14.5 Å². The molecule has 0 aliphatic carbocycles. The van der Waals surface area contributed by atoms with E-state index in [2.05, 4.69) is 0 Å². The Bertz CT molecular complexity index is 1140. The van der Waals surface area contributed by atoms with Crippen molar-refractivity contribution < 1.29 is 23.5 Å². The third-order valence-corrected chi connectivity index (χ3v) is 5.11. The van der Waals surface area contributed by atoms with Gasteiger partial charge in [0.25, 0.3) is 5.91 Å². The lowest BCUT2D eigenvalue weighted by atomic mass is 9.95. The molecule has 0 radical (unpaired) electrons. The number of amides is 1. The van der Waals surface area contributed by atoms with E-state index in [0.29, 0.717) is 10.6 Å². The fraction of sp³-hybridized carbons (Fsp3) is 0.0476. The number of halogens is 3. The van der Waals surface area contributed by atoms with E-state index in [4.69, 9.17) is 27.6 Å². The smallest absolute Gasteiger partial charge is 0.294 e. The van der Waals surface area contributed by atoms with Crippen LogP contribution in [0.5, 0.6) is 0 Å². The number of carbonyl (C=O) groups is 2. The summed E-state index contributed by atoms with van der Waals surface area (Å²) in [4.78, 5) is 27.1. The Hall–Kier alpha value is -3.09. The second-order valence-corrected chi connectivity index (χ2v) is 7.14. The Labute approximate surface area is 174 Å². The molecule has 29 heavy (non-hydrogen) atoms. The van der Waals surface area contributed by atoms with E-state index in [9.17, 15) is 19.1 Å². The molecule has 5 nitrogen and oxygen atoms in total. The molecule has 1 atom stereocenters. The topological polar surface area (TPSA) is 70.8 Å². The molecule has 1 N–H and O–H groups in total. The zero-order valence-electron chi connectivity index (χ0n) is 14.6. The molecular weight excluding hydrogens is 420 g/mol.